The van der Waals surface area contributed by atoms with Crippen molar-refractivity contribution in [3.05, 3.63) is 88.5 Å². The lowest BCUT2D eigenvalue weighted by atomic mass is 10.1. The number of amides is 1. The Hall–Kier alpha value is -3.67. The van der Waals surface area contributed by atoms with Crippen LogP contribution in [0.25, 0.3) is 21.3 Å². The summed E-state index contributed by atoms with van der Waals surface area (Å²) in [6, 6.07) is 18.6. The van der Waals surface area contributed by atoms with E-state index in [4.69, 9.17) is 0 Å². The van der Waals surface area contributed by atoms with Gasteiger partial charge in [0.25, 0.3) is 5.56 Å². The predicted molar refractivity (Wildman–Crippen MR) is 130 cm³/mol. The van der Waals surface area contributed by atoms with Gasteiger partial charge in [0.1, 0.15) is 10.9 Å². The number of para-hydroxylation sites is 1. The second kappa shape index (κ2) is 9.64. The van der Waals surface area contributed by atoms with Gasteiger partial charge in [-0.2, -0.15) is 5.26 Å². The van der Waals surface area contributed by atoms with Gasteiger partial charge < -0.3 is 5.32 Å². The molecule has 0 saturated carbocycles. The van der Waals surface area contributed by atoms with E-state index in [0.717, 1.165) is 11.1 Å². The minimum atomic E-state index is -0.284. The zero-order chi connectivity index (χ0) is 22.5. The van der Waals surface area contributed by atoms with Crippen molar-refractivity contribution < 1.29 is 4.79 Å². The van der Waals surface area contributed by atoms with Crippen molar-refractivity contribution in [3.8, 4) is 17.2 Å². The van der Waals surface area contributed by atoms with Crippen molar-refractivity contribution in [3.63, 3.8) is 0 Å². The van der Waals surface area contributed by atoms with Gasteiger partial charge in [-0.25, -0.2) is 4.98 Å². The molecule has 158 valence electrons. The second-order valence-corrected chi connectivity index (χ2v) is 8.59. The first-order valence-electron chi connectivity index (χ1n) is 9.72. The van der Waals surface area contributed by atoms with Crippen LogP contribution >= 0.6 is 23.1 Å². The van der Waals surface area contributed by atoms with Gasteiger partial charge in [0.15, 0.2) is 5.16 Å². The molecule has 0 atom stereocenters. The van der Waals surface area contributed by atoms with E-state index in [0.29, 0.717) is 26.6 Å². The summed E-state index contributed by atoms with van der Waals surface area (Å²) in [5.74, 6) is -0.237. The minimum absolute atomic E-state index is 0.0474. The third-order valence-corrected chi connectivity index (χ3v) is 6.56. The lowest BCUT2D eigenvalue weighted by Crippen LogP contribution is -2.23. The highest BCUT2D eigenvalue weighted by Crippen LogP contribution is 2.32. The van der Waals surface area contributed by atoms with Crippen molar-refractivity contribution in [1.29, 1.82) is 5.26 Å². The summed E-state index contributed by atoms with van der Waals surface area (Å²) in [5, 5.41) is 14.9. The Kier molecular flexibility index (Phi) is 6.50. The van der Waals surface area contributed by atoms with Crippen LogP contribution in [0.15, 0.2) is 82.6 Å². The highest BCUT2D eigenvalue weighted by molar-refractivity contribution is 7.99. The molecule has 2 heterocycles. The number of fused-ring (bicyclic) bond motifs is 1. The van der Waals surface area contributed by atoms with Crippen LogP contribution < -0.4 is 10.9 Å². The molecular weight excluding hydrogens is 440 g/mol. The van der Waals surface area contributed by atoms with Gasteiger partial charge in [-0.1, -0.05) is 60.3 Å². The Labute approximate surface area is 192 Å². The number of anilines is 1. The van der Waals surface area contributed by atoms with Crippen LogP contribution in [-0.4, -0.2) is 21.2 Å². The normalized spacial score (nSPS) is 10.6. The fourth-order valence-electron chi connectivity index (χ4n) is 3.24. The molecule has 0 saturated heterocycles. The fraction of sp³-hybridized carbons (Fsp3) is 0.0833. The average Bonchev–Trinajstić information content (AvgIpc) is 3.25. The van der Waals surface area contributed by atoms with Crippen LogP contribution in [0, 0.1) is 11.3 Å². The molecule has 6 nitrogen and oxygen atoms in total. The van der Waals surface area contributed by atoms with E-state index in [1.807, 2.05) is 35.7 Å². The molecule has 0 unspecified atom stereocenters. The zero-order valence-corrected chi connectivity index (χ0v) is 18.6. The summed E-state index contributed by atoms with van der Waals surface area (Å²) in [6.07, 6.45) is 1.64. The van der Waals surface area contributed by atoms with Crippen LogP contribution in [0.1, 0.15) is 5.56 Å². The Morgan fingerprint density at radius 2 is 1.97 bits per heavy atom. The lowest BCUT2D eigenvalue weighted by molar-refractivity contribution is -0.113. The van der Waals surface area contributed by atoms with E-state index in [2.05, 4.69) is 22.9 Å². The maximum Gasteiger partial charge on any atom is 0.263 e. The molecule has 1 N–H and O–H groups in total. The van der Waals surface area contributed by atoms with Gasteiger partial charge in [0.2, 0.25) is 5.91 Å². The minimum Gasteiger partial charge on any atom is -0.324 e. The third kappa shape index (κ3) is 4.35. The monoisotopic (exact) mass is 458 g/mol. The summed E-state index contributed by atoms with van der Waals surface area (Å²) < 4.78 is 1.54. The Morgan fingerprint density at radius 1 is 1.22 bits per heavy atom. The smallest absolute Gasteiger partial charge is 0.263 e. The van der Waals surface area contributed by atoms with E-state index in [9.17, 15) is 14.9 Å². The first kappa shape index (κ1) is 21.6. The van der Waals surface area contributed by atoms with Gasteiger partial charge in [-0.3, -0.25) is 14.2 Å². The largest absolute Gasteiger partial charge is 0.324 e. The summed E-state index contributed by atoms with van der Waals surface area (Å²) >= 11 is 2.58. The van der Waals surface area contributed by atoms with Crippen LogP contribution in [0.5, 0.6) is 0 Å². The fourth-order valence-corrected chi connectivity index (χ4v) is 5.04. The molecule has 0 aliphatic heterocycles. The number of rotatable bonds is 7. The van der Waals surface area contributed by atoms with Crippen LogP contribution in [-0.2, 0) is 11.3 Å². The number of carbonyl (C=O) groups excluding carboxylic acids is 1. The topological polar surface area (TPSA) is 87.8 Å². The summed E-state index contributed by atoms with van der Waals surface area (Å²) in [7, 11) is 0. The maximum atomic E-state index is 13.3. The number of nitrogens with zero attached hydrogens (tertiary/aromatic N) is 3. The highest BCUT2D eigenvalue weighted by Gasteiger charge is 2.18. The molecule has 1 amide bonds. The molecule has 0 bridgehead atoms. The average molecular weight is 459 g/mol. The van der Waals surface area contributed by atoms with Crippen molar-refractivity contribution in [2.75, 3.05) is 11.1 Å². The van der Waals surface area contributed by atoms with Gasteiger partial charge in [0.05, 0.1) is 22.4 Å². The molecule has 8 heteroatoms. The van der Waals surface area contributed by atoms with E-state index >= 15 is 0 Å². The zero-order valence-electron chi connectivity index (χ0n) is 16.9. The molecular formula is C24H18N4O2S2. The molecule has 32 heavy (non-hydrogen) atoms. The van der Waals surface area contributed by atoms with Gasteiger partial charge >= 0.3 is 0 Å². The number of carbonyl (C=O) groups is 1. The SMILES string of the molecule is C=CCn1c(SCC(=O)Nc2ccccc2C#N)nc2scc(-c3ccccc3)c2c1=O. The first-order valence-corrected chi connectivity index (χ1v) is 11.6. The van der Waals surface area contributed by atoms with E-state index in [1.54, 1.807) is 30.3 Å². The summed E-state index contributed by atoms with van der Waals surface area (Å²) in [6.45, 7) is 4.04. The number of thiophene rings is 1. The number of hydrogen-bond acceptors (Lipinski definition) is 6. The van der Waals surface area contributed by atoms with E-state index in [-0.39, 0.29) is 23.8 Å². The molecule has 4 rings (SSSR count). The van der Waals surface area contributed by atoms with Crippen LogP contribution in [0.2, 0.25) is 0 Å². The number of nitrogens with one attached hydrogen (secondary N) is 1. The molecule has 2 aromatic carbocycles. The van der Waals surface area contributed by atoms with Gasteiger partial charge in [0, 0.05) is 17.5 Å². The molecule has 0 aliphatic rings. The lowest BCUT2D eigenvalue weighted by Gasteiger charge is -2.11. The molecule has 0 aliphatic carbocycles. The Balaban J connectivity index is 1.63. The molecule has 0 fully saturated rings. The standard InChI is InChI=1S/C24H18N4O2S2/c1-2-12-28-23(30)21-18(16-8-4-3-5-9-16)14-31-22(21)27-24(28)32-15-20(29)26-19-11-7-6-10-17(19)13-25/h2-11,14H,1,12,15H2,(H,26,29). The summed E-state index contributed by atoms with van der Waals surface area (Å²) in [5.41, 5.74) is 2.49. The number of nitriles is 1. The Bertz CT molecular complexity index is 1400. The number of aromatic nitrogens is 2. The quantitative estimate of drug-likeness (QED) is 0.241. The van der Waals surface area contributed by atoms with Crippen molar-refractivity contribution in [1.82, 2.24) is 9.55 Å². The van der Waals surface area contributed by atoms with Crippen molar-refractivity contribution in [2.24, 2.45) is 0 Å². The van der Waals surface area contributed by atoms with Crippen LogP contribution in [0.3, 0.4) is 0 Å². The van der Waals surface area contributed by atoms with E-state index in [1.165, 1.54) is 27.7 Å². The van der Waals surface area contributed by atoms with Gasteiger partial charge in [-0.15, -0.1) is 17.9 Å². The predicted octanol–water partition coefficient (Wildman–Crippen LogP) is 4.91. The Morgan fingerprint density at radius 3 is 2.72 bits per heavy atom. The third-order valence-electron chi connectivity index (χ3n) is 4.71. The maximum absolute atomic E-state index is 13.3. The second-order valence-electron chi connectivity index (χ2n) is 6.79. The molecule has 2 aromatic heterocycles. The number of benzene rings is 2. The highest BCUT2D eigenvalue weighted by atomic mass is 32.2. The number of allylic oxidation sites excluding steroid dienone is 1. The van der Waals surface area contributed by atoms with Crippen molar-refractivity contribution >= 4 is 44.9 Å². The molecule has 0 radical (unpaired) electrons. The molecule has 0 spiro atoms. The molecule has 4 aromatic rings. The number of thioether (sulfide) groups is 1. The van der Waals surface area contributed by atoms with Gasteiger partial charge in [-0.05, 0) is 17.7 Å². The van der Waals surface area contributed by atoms with E-state index < -0.39 is 0 Å². The van der Waals surface area contributed by atoms with Crippen LogP contribution in [0.4, 0.5) is 5.69 Å². The number of hydrogen-bond donors (Lipinski definition) is 1. The summed E-state index contributed by atoms with van der Waals surface area (Å²) in [4.78, 5) is 31.1. The first-order chi connectivity index (χ1) is 15.6. The van der Waals surface area contributed by atoms with Crippen molar-refractivity contribution in [2.45, 2.75) is 11.7 Å².